The number of anilines is 1. The van der Waals surface area contributed by atoms with Crippen molar-refractivity contribution in [2.45, 2.75) is 32.7 Å². The summed E-state index contributed by atoms with van der Waals surface area (Å²) in [7, 11) is 0. The van der Waals surface area contributed by atoms with Crippen LogP contribution in [0.15, 0.2) is 65.9 Å². The SMILES string of the molecule is CC(C)CC1(C)NC(=O)C(C(=O)Nc2ccc(-c3ccccc3)cc2)=C1O. The second kappa shape index (κ2) is 7.27. The first-order valence-corrected chi connectivity index (χ1v) is 9.03. The molecule has 0 radical (unpaired) electrons. The van der Waals surface area contributed by atoms with Gasteiger partial charge in [0.25, 0.3) is 11.8 Å². The first-order valence-electron chi connectivity index (χ1n) is 9.03. The highest BCUT2D eigenvalue weighted by atomic mass is 16.3. The zero-order valence-corrected chi connectivity index (χ0v) is 15.7. The molecular formula is C22H24N2O3. The third-order valence-corrected chi connectivity index (χ3v) is 4.67. The summed E-state index contributed by atoms with van der Waals surface area (Å²) in [5, 5.41) is 15.9. The van der Waals surface area contributed by atoms with Gasteiger partial charge >= 0.3 is 0 Å². The lowest BCUT2D eigenvalue weighted by Crippen LogP contribution is -2.42. The lowest BCUT2D eigenvalue weighted by atomic mass is 9.89. The Labute approximate surface area is 159 Å². The van der Waals surface area contributed by atoms with Crippen LogP contribution in [0.25, 0.3) is 11.1 Å². The minimum absolute atomic E-state index is 0.195. The monoisotopic (exact) mass is 364 g/mol. The second-order valence-electron chi connectivity index (χ2n) is 7.51. The van der Waals surface area contributed by atoms with Gasteiger partial charge in [0.05, 0.1) is 5.54 Å². The summed E-state index contributed by atoms with van der Waals surface area (Å²) in [6.45, 7) is 5.73. The van der Waals surface area contributed by atoms with Gasteiger partial charge in [-0.1, -0.05) is 56.3 Å². The molecule has 1 unspecified atom stereocenters. The van der Waals surface area contributed by atoms with E-state index < -0.39 is 17.4 Å². The maximum atomic E-state index is 12.6. The molecule has 0 fully saturated rings. The predicted octanol–water partition coefficient (Wildman–Crippen LogP) is 4.04. The van der Waals surface area contributed by atoms with Crippen LogP contribution in [0.1, 0.15) is 27.2 Å². The summed E-state index contributed by atoms with van der Waals surface area (Å²) in [5.74, 6) is -1.09. The van der Waals surface area contributed by atoms with E-state index in [9.17, 15) is 14.7 Å². The Hall–Kier alpha value is -3.08. The van der Waals surface area contributed by atoms with Crippen molar-refractivity contribution in [2.24, 2.45) is 5.92 Å². The van der Waals surface area contributed by atoms with Crippen molar-refractivity contribution in [3.8, 4) is 11.1 Å². The van der Waals surface area contributed by atoms with Crippen LogP contribution in [0.2, 0.25) is 0 Å². The quantitative estimate of drug-likeness (QED) is 0.701. The first kappa shape index (κ1) is 18.7. The Kier molecular flexibility index (Phi) is 5.04. The Bertz CT molecular complexity index is 886. The van der Waals surface area contributed by atoms with E-state index in [0.29, 0.717) is 12.1 Å². The topological polar surface area (TPSA) is 78.4 Å². The minimum atomic E-state index is -0.908. The molecule has 3 N–H and O–H groups in total. The molecule has 0 bridgehead atoms. The molecule has 2 amide bonds. The maximum absolute atomic E-state index is 12.6. The third-order valence-electron chi connectivity index (χ3n) is 4.67. The van der Waals surface area contributed by atoms with Gasteiger partial charge in [-0.3, -0.25) is 9.59 Å². The lowest BCUT2D eigenvalue weighted by Gasteiger charge is -2.26. The fourth-order valence-corrected chi connectivity index (χ4v) is 3.50. The highest BCUT2D eigenvalue weighted by molar-refractivity contribution is 6.24. The van der Waals surface area contributed by atoms with Crippen LogP contribution in [0.5, 0.6) is 0 Å². The number of carbonyl (C=O) groups is 2. The molecular weight excluding hydrogens is 340 g/mol. The van der Waals surface area contributed by atoms with Crippen LogP contribution in [0, 0.1) is 5.92 Å². The van der Waals surface area contributed by atoms with Crippen molar-refractivity contribution in [2.75, 3.05) is 5.32 Å². The van der Waals surface area contributed by atoms with Gasteiger partial charge in [-0.15, -0.1) is 0 Å². The summed E-state index contributed by atoms with van der Waals surface area (Å²) in [5.41, 5.74) is 1.54. The van der Waals surface area contributed by atoms with Gasteiger partial charge in [0.2, 0.25) is 0 Å². The summed E-state index contributed by atoms with van der Waals surface area (Å²) in [4.78, 5) is 24.8. The Morgan fingerprint density at radius 1 is 1.07 bits per heavy atom. The van der Waals surface area contributed by atoms with Gasteiger partial charge in [0.1, 0.15) is 11.3 Å². The number of aliphatic hydroxyl groups is 1. The number of hydrogen-bond donors (Lipinski definition) is 3. The number of benzene rings is 2. The van der Waals surface area contributed by atoms with Crippen LogP contribution >= 0.6 is 0 Å². The fourth-order valence-electron chi connectivity index (χ4n) is 3.50. The van der Waals surface area contributed by atoms with Gasteiger partial charge in [-0.2, -0.15) is 0 Å². The van der Waals surface area contributed by atoms with E-state index in [2.05, 4.69) is 10.6 Å². The van der Waals surface area contributed by atoms with E-state index in [1.807, 2.05) is 56.3 Å². The molecule has 1 atom stereocenters. The highest BCUT2D eigenvalue weighted by Gasteiger charge is 2.44. The van der Waals surface area contributed by atoms with E-state index >= 15 is 0 Å². The molecule has 27 heavy (non-hydrogen) atoms. The molecule has 1 aliphatic heterocycles. The summed E-state index contributed by atoms with van der Waals surface area (Å²) < 4.78 is 0. The van der Waals surface area contributed by atoms with Crippen molar-refractivity contribution in [1.82, 2.24) is 5.32 Å². The first-order chi connectivity index (χ1) is 12.8. The van der Waals surface area contributed by atoms with Crippen LogP contribution in [0.3, 0.4) is 0 Å². The van der Waals surface area contributed by atoms with E-state index in [1.165, 1.54) is 0 Å². The zero-order chi connectivity index (χ0) is 19.6. The van der Waals surface area contributed by atoms with Gasteiger partial charge < -0.3 is 15.7 Å². The van der Waals surface area contributed by atoms with Crippen LogP contribution in [-0.2, 0) is 9.59 Å². The molecule has 0 saturated heterocycles. The largest absolute Gasteiger partial charge is 0.509 e. The van der Waals surface area contributed by atoms with E-state index in [0.717, 1.165) is 11.1 Å². The van der Waals surface area contributed by atoms with Crippen molar-refractivity contribution in [3.05, 3.63) is 65.9 Å². The number of hydrogen-bond acceptors (Lipinski definition) is 3. The lowest BCUT2D eigenvalue weighted by molar-refractivity contribution is -0.121. The van der Waals surface area contributed by atoms with Crippen LogP contribution in [-0.4, -0.2) is 22.5 Å². The van der Waals surface area contributed by atoms with Gasteiger partial charge in [0, 0.05) is 5.69 Å². The normalized spacial score (nSPS) is 19.3. The third kappa shape index (κ3) is 3.87. The van der Waals surface area contributed by atoms with E-state index in [-0.39, 0.29) is 17.3 Å². The number of nitrogens with one attached hydrogen (secondary N) is 2. The van der Waals surface area contributed by atoms with E-state index in [1.54, 1.807) is 19.1 Å². The molecule has 140 valence electrons. The molecule has 0 aliphatic carbocycles. The van der Waals surface area contributed by atoms with Crippen LogP contribution in [0.4, 0.5) is 5.69 Å². The summed E-state index contributed by atoms with van der Waals surface area (Å²) >= 11 is 0. The molecule has 0 saturated carbocycles. The van der Waals surface area contributed by atoms with Gasteiger partial charge in [0.15, 0.2) is 0 Å². The standard InChI is InChI=1S/C22H24N2O3/c1-14(2)13-22(3)19(25)18(21(27)24-22)20(26)23-17-11-9-16(10-12-17)15-7-5-4-6-8-15/h4-12,14,25H,13H2,1-3H3,(H,23,26)(H,24,27). The Morgan fingerprint density at radius 2 is 1.67 bits per heavy atom. The second-order valence-corrected chi connectivity index (χ2v) is 7.51. The van der Waals surface area contributed by atoms with Gasteiger partial charge in [-0.05, 0) is 42.5 Å². The molecule has 1 heterocycles. The smallest absolute Gasteiger partial charge is 0.264 e. The van der Waals surface area contributed by atoms with E-state index in [4.69, 9.17) is 0 Å². The highest BCUT2D eigenvalue weighted by Crippen LogP contribution is 2.31. The predicted molar refractivity (Wildman–Crippen MR) is 106 cm³/mol. The summed E-state index contributed by atoms with van der Waals surface area (Å²) in [6, 6.07) is 17.3. The van der Waals surface area contributed by atoms with Crippen LogP contribution < -0.4 is 10.6 Å². The molecule has 2 aromatic carbocycles. The number of amides is 2. The zero-order valence-electron chi connectivity index (χ0n) is 15.7. The molecule has 3 rings (SSSR count). The number of rotatable bonds is 5. The van der Waals surface area contributed by atoms with Crippen molar-refractivity contribution >= 4 is 17.5 Å². The molecule has 5 nitrogen and oxygen atoms in total. The summed E-state index contributed by atoms with van der Waals surface area (Å²) in [6.07, 6.45) is 0.549. The minimum Gasteiger partial charge on any atom is -0.509 e. The van der Waals surface area contributed by atoms with Crippen molar-refractivity contribution < 1.29 is 14.7 Å². The molecule has 0 spiro atoms. The average molecular weight is 364 g/mol. The average Bonchev–Trinajstić information content (AvgIpc) is 2.84. The maximum Gasteiger partial charge on any atom is 0.264 e. The molecule has 1 aliphatic rings. The Balaban J connectivity index is 1.78. The van der Waals surface area contributed by atoms with Crippen molar-refractivity contribution in [1.29, 1.82) is 0 Å². The molecule has 0 aromatic heterocycles. The number of aliphatic hydroxyl groups excluding tert-OH is 1. The van der Waals surface area contributed by atoms with Gasteiger partial charge in [-0.25, -0.2) is 0 Å². The molecule has 5 heteroatoms. The molecule has 2 aromatic rings. The Morgan fingerprint density at radius 3 is 2.26 bits per heavy atom. The fraction of sp³-hybridized carbons (Fsp3) is 0.273. The van der Waals surface area contributed by atoms with Crippen molar-refractivity contribution in [3.63, 3.8) is 0 Å². The number of carbonyl (C=O) groups excluding carboxylic acids is 2.